The predicted molar refractivity (Wildman–Crippen MR) is 97.4 cm³/mol. The molecule has 0 bridgehead atoms. The van der Waals surface area contributed by atoms with Crippen LogP contribution in [0, 0.1) is 11.7 Å². The zero-order valence-electron chi connectivity index (χ0n) is 14.2. The summed E-state index contributed by atoms with van der Waals surface area (Å²) in [5.41, 5.74) is 8.55. The molecule has 0 saturated carbocycles. The second-order valence-electron chi connectivity index (χ2n) is 6.57. The molecule has 1 fully saturated rings. The van der Waals surface area contributed by atoms with Crippen LogP contribution in [-0.2, 0) is 17.9 Å². The Labute approximate surface area is 147 Å². The second-order valence-corrected chi connectivity index (χ2v) is 6.57. The fourth-order valence-electron chi connectivity index (χ4n) is 3.17. The Hall–Kier alpha value is -2.24. The van der Waals surface area contributed by atoms with Crippen molar-refractivity contribution in [2.45, 2.75) is 25.9 Å². The van der Waals surface area contributed by atoms with Gasteiger partial charge in [0.25, 0.3) is 0 Å². The number of amides is 1. The van der Waals surface area contributed by atoms with E-state index in [2.05, 4.69) is 10.2 Å². The van der Waals surface area contributed by atoms with E-state index in [-0.39, 0.29) is 17.6 Å². The number of benzene rings is 2. The number of nitrogens with one attached hydrogen (secondary N) is 1. The van der Waals surface area contributed by atoms with Crippen molar-refractivity contribution in [3.8, 4) is 0 Å². The average molecular weight is 341 g/mol. The van der Waals surface area contributed by atoms with Crippen molar-refractivity contribution in [2.75, 3.05) is 18.4 Å². The molecule has 0 aliphatic carbocycles. The first-order valence-corrected chi connectivity index (χ1v) is 8.71. The molecule has 4 nitrogen and oxygen atoms in total. The van der Waals surface area contributed by atoms with E-state index in [0.717, 1.165) is 49.3 Å². The lowest BCUT2D eigenvalue weighted by molar-refractivity contribution is -0.121. The standard InChI is InChI=1S/C20H24FN3O/c21-18-5-1-16(2-6-18)14-24-11-9-17(10-12-24)20(25)23-19-7-3-15(13-22)4-8-19/h1-8,17H,9-14,22H2,(H,23,25). The van der Waals surface area contributed by atoms with Crippen LogP contribution in [0.15, 0.2) is 48.5 Å². The Morgan fingerprint density at radius 1 is 1.04 bits per heavy atom. The number of hydrogen-bond acceptors (Lipinski definition) is 3. The molecule has 1 amide bonds. The summed E-state index contributed by atoms with van der Waals surface area (Å²) in [7, 11) is 0. The van der Waals surface area contributed by atoms with Gasteiger partial charge in [0, 0.05) is 24.7 Å². The van der Waals surface area contributed by atoms with Gasteiger partial charge in [-0.25, -0.2) is 4.39 Å². The molecule has 0 radical (unpaired) electrons. The molecule has 25 heavy (non-hydrogen) atoms. The first-order valence-electron chi connectivity index (χ1n) is 8.71. The summed E-state index contributed by atoms with van der Waals surface area (Å²) in [5.74, 6) is -0.0841. The van der Waals surface area contributed by atoms with Gasteiger partial charge in [0.05, 0.1) is 0 Å². The summed E-state index contributed by atoms with van der Waals surface area (Å²) in [4.78, 5) is 14.7. The van der Waals surface area contributed by atoms with E-state index in [1.807, 2.05) is 36.4 Å². The highest BCUT2D eigenvalue weighted by Crippen LogP contribution is 2.21. The van der Waals surface area contributed by atoms with E-state index >= 15 is 0 Å². The molecule has 5 heteroatoms. The van der Waals surface area contributed by atoms with E-state index in [0.29, 0.717) is 6.54 Å². The molecule has 0 aromatic heterocycles. The number of hydrogen-bond donors (Lipinski definition) is 2. The fraction of sp³-hybridized carbons (Fsp3) is 0.350. The number of piperidine rings is 1. The van der Waals surface area contributed by atoms with Crippen molar-refractivity contribution in [2.24, 2.45) is 11.7 Å². The molecule has 1 heterocycles. The summed E-state index contributed by atoms with van der Waals surface area (Å²) in [5, 5.41) is 2.99. The van der Waals surface area contributed by atoms with Crippen LogP contribution in [0.5, 0.6) is 0 Å². The molecule has 2 aromatic carbocycles. The summed E-state index contributed by atoms with van der Waals surface area (Å²) < 4.78 is 13.0. The Morgan fingerprint density at radius 2 is 1.64 bits per heavy atom. The molecule has 3 N–H and O–H groups in total. The number of nitrogens with two attached hydrogens (primary N) is 1. The Balaban J connectivity index is 1.47. The number of carbonyl (C=O) groups is 1. The predicted octanol–water partition coefficient (Wildman–Crippen LogP) is 3.14. The highest BCUT2D eigenvalue weighted by atomic mass is 19.1. The smallest absolute Gasteiger partial charge is 0.227 e. The van der Waals surface area contributed by atoms with Crippen molar-refractivity contribution in [3.63, 3.8) is 0 Å². The van der Waals surface area contributed by atoms with E-state index in [4.69, 9.17) is 5.73 Å². The summed E-state index contributed by atoms with van der Waals surface area (Å²) in [6.45, 7) is 3.05. The van der Waals surface area contributed by atoms with Crippen LogP contribution in [0.2, 0.25) is 0 Å². The Bertz CT molecular complexity index is 692. The zero-order chi connectivity index (χ0) is 17.6. The van der Waals surface area contributed by atoms with Gasteiger partial charge in [0.15, 0.2) is 0 Å². The lowest BCUT2D eigenvalue weighted by Crippen LogP contribution is -2.37. The quantitative estimate of drug-likeness (QED) is 0.878. The van der Waals surface area contributed by atoms with Crippen molar-refractivity contribution >= 4 is 11.6 Å². The van der Waals surface area contributed by atoms with Crippen LogP contribution in [0.25, 0.3) is 0 Å². The molecule has 132 valence electrons. The molecule has 3 rings (SSSR count). The third-order valence-corrected chi connectivity index (χ3v) is 4.73. The first kappa shape index (κ1) is 17.6. The van der Waals surface area contributed by atoms with Crippen LogP contribution in [0.4, 0.5) is 10.1 Å². The molecule has 1 aliphatic rings. The first-order chi connectivity index (χ1) is 12.1. The molecule has 2 aromatic rings. The highest BCUT2D eigenvalue weighted by molar-refractivity contribution is 5.92. The lowest BCUT2D eigenvalue weighted by Gasteiger charge is -2.31. The maximum Gasteiger partial charge on any atom is 0.227 e. The molecule has 0 atom stereocenters. The third-order valence-electron chi connectivity index (χ3n) is 4.73. The number of nitrogens with zero attached hydrogens (tertiary/aromatic N) is 1. The van der Waals surface area contributed by atoms with Crippen LogP contribution in [0.1, 0.15) is 24.0 Å². The van der Waals surface area contributed by atoms with E-state index in [1.165, 1.54) is 12.1 Å². The Kier molecular flexibility index (Phi) is 5.79. The van der Waals surface area contributed by atoms with Gasteiger partial charge in [0.2, 0.25) is 5.91 Å². The summed E-state index contributed by atoms with van der Waals surface area (Å²) in [6.07, 6.45) is 1.68. The van der Waals surface area contributed by atoms with Gasteiger partial charge in [-0.1, -0.05) is 24.3 Å². The van der Waals surface area contributed by atoms with E-state index in [1.54, 1.807) is 0 Å². The summed E-state index contributed by atoms with van der Waals surface area (Å²) >= 11 is 0. The highest BCUT2D eigenvalue weighted by Gasteiger charge is 2.25. The van der Waals surface area contributed by atoms with E-state index in [9.17, 15) is 9.18 Å². The largest absolute Gasteiger partial charge is 0.326 e. The topological polar surface area (TPSA) is 58.4 Å². The minimum absolute atomic E-state index is 0.0404. The minimum atomic E-state index is -0.210. The molecular formula is C20H24FN3O. The molecule has 1 aliphatic heterocycles. The van der Waals surface area contributed by atoms with Crippen LogP contribution < -0.4 is 11.1 Å². The third kappa shape index (κ3) is 4.87. The van der Waals surface area contributed by atoms with Crippen molar-refractivity contribution in [3.05, 3.63) is 65.5 Å². The fourth-order valence-corrected chi connectivity index (χ4v) is 3.17. The van der Waals surface area contributed by atoms with Gasteiger partial charge in [-0.15, -0.1) is 0 Å². The van der Waals surface area contributed by atoms with Crippen molar-refractivity contribution in [1.82, 2.24) is 4.90 Å². The molecular weight excluding hydrogens is 317 g/mol. The van der Waals surface area contributed by atoms with Gasteiger partial charge in [-0.3, -0.25) is 9.69 Å². The molecule has 0 unspecified atom stereocenters. The Morgan fingerprint density at radius 3 is 2.24 bits per heavy atom. The van der Waals surface area contributed by atoms with Crippen molar-refractivity contribution in [1.29, 1.82) is 0 Å². The number of carbonyl (C=O) groups excluding carboxylic acids is 1. The number of halogens is 1. The summed E-state index contributed by atoms with van der Waals surface area (Å²) in [6, 6.07) is 14.3. The normalized spacial score (nSPS) is 15.9. The maximum absolute atomic E-state index is 13.0. The van der Waals surface area contributed by atoms with Gasteiger partial charge in [-0.2, -0.15) is 0 Å². The monoisotopic (exact) mass is 341 g/mol. The number of anilines is 1. The van der Waals surface area contributed by atoms with Gasteiger partial charge >= 0.3 is 0 Å². The number of rotatable bonds is 5. The maximum atomic E-state index is 13.0. The van der Waals surface area contributed by atoms with Gasteiger partial charge in [-0.05, 0) is 61.3 Å². The second kappa shape index (κ2) is 8.23. The van der Waals surface area contributed by atoms with Crippen molar-refractivity contribution < 1.29 is 9.18 Å². The zero-order valence-corrected chi connectivity index (χ0v) is 14.2. The average Bonchev–Trinajstić information content (AvgIpc) is 2.65. The number of likely N-dealkylation sites (tertiary alicyclic amines) is 1. The van der Waals surface area contributed by atoms with Gasteiger partial charge < -0.3 is 11.1 Å². The minimum Gasteiger partial charge on any atom is -0.326 e. The van der Waals surface area contributed by atoms with Crippen LogP contribution >= 0.6 is 0 Å². The van der Waals surface area contributed by atoms with Gasteiger partial charge in [0.1, 0.15) is 5.82 Å². The lowest BCUT2D eigenvalue weighted by atomic mass is 9.95. The molecule has 0 spiro atoms. The SMILES string of the molecule is NCc1ccc(NC(=O)C2CCN(Cc3ccc(F)cc3)CC2)cc1. The van der Waals surface area contributed by atoms with Crippen LogP contribution in [0.3, 0.4) is 0 Å². The van der Waals surface area contributed by atoms with E-state index < -0.39 is 0 Å². The van der Waals surface area contributed by atoms with Crippen LogP contribution in [-0.4, -0.2) is 23.9 Å². The molecule has 1 saturated heterocycles.